The van der Waals surface area contributed by atoms with Crippen molar-refractivity contribution in [2.45, 2.75) is 19.9 Å². The van der Waals surface area contributed by atoms with Crippen molar-refractivity contribution in [2.24, 2.45) is 7.05 Å². The summed E-state index contributed by atoms with van der Waals surface area (Å²) in [5.41, 5.74) is 4.30. The average Bonchev–Trinajstić information content (AvgIpc) is 3.21. The number of anilines is 1. The molecule has 1 unspecified atom stereocenters. The summed E-state index contributed by atoms with van der Waals surface area (Å²) in [6, 6.07) is 9.88. The molecular weight excluding hydrogens is 404 g/mol. The zero-order valence-corrected chi connectivity index (χ0v) is 18.5. The summed E-state index contributed by atoms with van der Waals surface area (Å²) >= 11 is 0. The number of hydrogen-bond donors (Lipinski definition) is 0. The minimum atomic E-state index is -0.0614. The average molecular weight is 431 g/mol. The Morgan fingerprint density at radius 2 is 1.94 bits per heavy atom. The molecule has 32 heavy (non-hydrogen) atoms. The van der Waals surface area contributed by atoms with Gasteiger partial charge in [-0.15, -0.1) is 0 Å². The van der Waals surface area contributed by atoms with Gasteiger partial charge in [-0.05, 0) is 32.0 Å². The number of pyridine rings is 3. The van der Waals surface area contributed by atoms with Crippen LogP contribution in [0.3, 0.4) is 0 Å². The van der Waals surface area contributed by atoms with Crippen LogP contribution in [0.1, 0.15) is 24.2 Å². The van der Waals surface area contributed by atoms with Crippen LogP contribution < -0.4 is 10.5 Å². The Kier molecular flexibility index (Phi) is 5.22. The predicted octanol–water partition coefficient (Wildman–Crippen LogP) is 2.95. The van der Waals surface area contributed by atoms with Crippen molar-refractivity contribution >= 4 is 16.9 Å². The predicted molar refractivity (Wildman–Crippen MR) is 124 cm³/mol. The van der Waals surface area contributed by atoms with Crippen LogP contribution in [-0.2, 0) is 11.8 Å². The Morgan fingerprint density at radius 3 is 2.66 bits per heavy atom. The molecule has 8 heteroatoms. The monoisotopic (exact) mass is 430 g/mol. The highest BCUT2D eigenvalue weighted by Gasteiger charge is 2.22. The molecule has 0 aliphatic carbocycles. The van der Waals surface area contributed by atoms with E-state index < -0.39 is 0 Å². The molecule has 4 aromatic heterocycles. The van der Waals surface area contributed by atoms with Crippen molar-refractivity contribution in [3.63, 3.8) is 0 Å². The van der Waals surface area contributed by atoms with Crippen molar-refractivity contribution in [3.05, 3.63) is 70.5 Å². The van der Waals surface area contributed by atoms with Gasteiger partial charge in [-0.1, -0.05) is 6.07 Å². The zero-order chi connectivity index (χ0) is 22.2. The molecule has 8 nitrogen and oxygen atoms in total. The molecule has 0 N–H and O–H groups in total. The van der Waals surface area contributed by atoms with Crippen molar-refractivity contribution in [2.75, 3.05) is 31.2 Å². The van der Waals surface area contributed by atoms with Crippen LogP contribution in [0.4, 0.5) is 5.82 Å². The van der Waals surface area contributed by atoms with Crippen LogP contribution in [0, 0.1) is 6.92 Å². The van der Waals surface area contributed by atoms with Gasteiger partial charge in [0.25, 0.3) is 5.56 Å². The molecule has 0 bridgehead atoms. The Balaban J connectivity index is 1.73. The maximum atomic E-state index is 12.3. The topological polar surface area (TPSA) is 78.1 Å². The van der Waals surface area contributed by atoms with Crippen molar-refractivity contribution in [1.29, 1.82) is 0 Å². The number of hydrogen-bond acceptors (Lipinski definition) is 6. The molecule has 5 rings (SSSR count). The van der Waals surface area contributed by atoms with Crippen LogP contribution in [0.5, 0.6) is 0 Å². The first-order valence-corrected chi connectivity index (χ1v) is 10.8. The minimum absolute atomic E-state index is 0.00884. The van der Waals surface area contributed by atoms with E-state index in [2.05, 4.69) is 32.4 Å². The first kappa shape index (κ1) is 20.4. The third kappa shape index (κ3) is 3.56. The highest BCUT2D eigenvalue weighted by atomic mass is 16.5. The largest absolute Gasteiger partial charge is 0.378 e. The van der Waals surface area contributed by atoms with E-state index in [4.69, 9.17) is 9.72 Å². The lowest BCUT2D eigenvalue weighted by Crippen LogP contribution is -2.36. The second-order valence-electron chi connectivity index (χ2n) is 8.19. The van der Waals surface area contributed by atoms with Crippen molar-refractivity contribution in [3.8, 4) is 11.4 Å². The number of imidazole rings is 1. The first-order chi connectivity index (χ1) is 15.5. The van der Waals surface area contributed by atoms with Gasteiger partial charge in [0.2, 0.25) is 0 Å². The smallest absolute Gasteiger partial charge is 0.253 e. The molecule has 1 aliphatic rings. The Labute approximate surface area is 186 Å². The molecule has 0 amide bonds. The number of morpholine rings is 1. The van der Waals surface area contributed by atoms with Crippen LogP contribution in [-0.4, -0.2) is 50.4 Å². The van der Waals surface area contributed by atoms with Gasteiger partial charge in [-0.2, -0.15) is 0 Å². The van der Waals surface area contributed by atoms with E-state index in [1.807, 2.05) is 49.8 Å². The fraction of sp³-hybridized carbons (Fsp3) is 0.333. The van der Waals surface area contributed by atoms with Gasteiger partial charge in [0, 0.05) is 49.7 Å². The first-order valence-electron chi connectivity index (χ1n) is 10.8. The van der Waals surface area contributed by atoms with Crippen LogP contribution >= 0.6 is 0 Å². The third-order valence-corrected chi connectivity index (χ3v) is 6.02. The van der Waals surface area contributed by atoms with Gasteiger partial charge in [0.05, 0.1) is 36.7 Å². The third-order valence-electron chi connectivity index (χ3n) is 6.02. The van der Waals surface area contributed by atoms with E-state index in [-0.39, 0.29) is 11.6 Å². The van der Waals surface area contributed by atoms with E-state index in [0.29, 0.717) is 18.8 Å². The lowest BCUT2D eigenvalue weighted by Gasteiger charge is -2.28. The summed E-state index contributed by atoms with van der Waals surface area (Å²) in [5.74, 6) is 1.70. The second kappa shape index (κ2) is 8.20. The number of ether oxygens (including phenoxy) is 1. The summed E-state index contributed by atoms with van der Waals surface area (Å²) in [5, 5.41) is 0. The van der Waals surface area contributed by atoms with Gasteiger partial charge in [0.1, 0.15) is 17.2 Å². The van der Waals surface area contributed by atoms with Crippen molar-refractivity contribution < 1.29 is 4.74 Å². The molecule has 0 spiro atoms. The Bertz CT molecular complexity index is 1300. The normalized spacial score (nSPS) is 15.3. The van der Waals surface area contributed by atoms with E-state index in [1.165, 1.54) is 0 Å². The van der Waals surface area contributed by atoms with E-state index >= 15 is 0 Å². The van der Waals surface area contributed by atoms with Crippen molar-refractivity contribution in [1.82, 2.24) is 24.1 Å². The molecule has 164 valence electrons. The summed E-state index contributed by atoms with van der Waals surface area (Å²) in [4.78, 5) is 28.7. The molecule has 1 saturated heterocycles. The minimum Gasteiger partial charge on any atom is -0.378 e. The number of rotatable bonds is 4. The Morgan fingerprint density at radius 1 is 1.12 bits per heavy atom. The molecule has 0 aromatic carbocycles. The van der Waals surface area contributed by atoms with E-state index in [0.717, 1.165) is 47.0 Å². The fourth-order valence-electron chi connectivity index (χ4n) is 4.30. The van der Waals surface area contributed by atoms with Gasteiger partial charge in [-0.25, -0.2) is 9.97 Å². The van der Waals surface area contributed by atoms with Gasteiger partial charge in [0.15, 0.2) is 0 Å². The maximum absolute atomic E-state index is 12.3. The molecule has 4 aromatic rings. The lowest BCUT2D eigenvalue weighted by atomic mass is 10.1. The van der Waals surface area contributed by atoms with E-state index in [9.17, 15) is 4.79 Å². The van der Waals surface area contributed by atoms with Crippen LogP contribution in [0.2, 0.25) is 0 Å². The quantitative estimate of drug-likeness (QED) is 0.495. The van der Waals surface area contributed by atoms with Gasteiger partial charge in [-0.3, -0.25) is 9.78 Å². The van der Waals surface area contributed by atoms with Gasteiger partial charge >= 0.3 is 0 Å². The second-order valence-corrected chi connectivity index (χ2v) is 8.19. The highest BCUT2D eigenvalue weighted by molar-refractivity contribution is 5.82. The van der Waals surface area contributed by atoms with Gasteiger partial charge < -0.3 is 18.8 Å². The molecule has 0 saturated carbocycles. The van der Waals surface area contributed by atoms with Crippen LogP contribution in [0.25, 0.3) is 22.4 Å². The number of nitrogens with zero attached hydrogens (tertiary/aromatic N) is 6. The number of aryl methyl sites for hydroxylation is 2. The Hall–Kier alpha value is -3.52. The molecule has 1 atom stereocenters. The standard InChI is InChI=1S/C24H26N6O2/c1-16-12-18(15-28(3)24(16)31)23-27-20-14-26-22(29-8-10-32-11-9-29)13-21(20)30(23)17(2)19-6-4-5-7-25-19/h4-7,12-15,17H,8-11H2,1-3H3. The molecule has 5 heterocycles. The molecule has 1 aliphatic heterocycles. The molecule has 1 fully saturated rings. The fourth-order valence-corrected chi connectivity index (χ4v) is 4.30. The SMILES string of the molecule is Cc1cc(-c2nc3cnc(N4CCOCC4)cc3n2C(C)c2ccccn2)cn(C)c1=O. The lowest BCUT2D eigenvalue weighted by molar-refractivity contribution is 0.122. The summed E-state index contributed by atoms with van der Waals surface area (Å²) in [6.07, 6.45) is 5.48. The molecule has 0 radical (unpaired) electrons. The maximum Gasteiger partial charge on any atom is 0.253 e. The number of fused-ring (bicyclic) bond motifs is 1. The summed E-state index contributed by atoms with van der Waals surface area (Å²) in [6.45, 7) is 6.98. The summed E-state index contributed by atoms with van der Waals surface area (Å²) < 4.78 is 9.30. The highest BCUT2D eigenvalue weighted by Crippen LogP contribution is 2.32. The zero-order valence-electron chi connectivity index (χ0n) is 18.5. The van der Waals surface area contributed by atoms with E-state index in [1.54, 1.807) is 11.6 Å². The van der Waals surface area contributed by atoms with Crippen LogP contribution in [0.15, 0.2) is 53.7 Å². The molecular formula is C24H26N6O2. The number of aromatic nitrogens is 5. The summed E-state index contributed by atoms with van der Waals surface area (Å²) in [7, 11) is 1.77.